The summed E-state index contributed by atoms with van der Waals surface area (Å²) in [7, 11) is 0. The van der Waals surface area contributed by atoms with Crippen LogP contribution >= 0.6 is 0 Å². The van der Waals surface area contributed by atoms with E-state index >= 15 is 0 Å². The lowest BCUT2D eigenvalue weighted by molar-refractivity contribution is 0.0526. The first-order valence-corrected chi connectivity index (χ1v) is 10.0. The van der Waals surface area contributed by atoms with Crippen molar-refractivity contribution in [2.24, 2.45) is 0 Å². The first kappa shape index (κ1) is 19.5. The normalized spacial score (nSPS) is 11.0. The standard InChI is InChI=1S/C24H18N4O4/c1-2-31-23(30)16-13-25-28(14-16)24-26-20-11-10-17(12-19(20)22(29)27-24)32-21-9-5-7-15-6-3-4-8-18(15)21/h3-14H,2H2,1H3,(H,26,27,29). The molecule has 0 atom stereocenters. The van der Waals surface area contributed by atoms with Crippen LogP contribution in [0.5, 0.6) is 11.5 Å². The molecule has 0 spiro atoms. The molecule has 0 saturated carbocycles. The molecule has 0 saturated heterocycles. The van der Waals surface area contributed by atoms with Crippen LogP contribution in [0.15, 0.2) is 77.9 Å². The van der Waals surface area contributed by atoms with E-state index in [0.29, 0.717) is 22.4 Å². The minimum atomic E-state index is -0.489. The first-order chi connectivity index (χ1) is 15.6. The molecular formula is C24H18N4O4. The van der Waals surface area contributed by atoms with Crippen molar-refractivity contribution in [1.29, 1.82) is 0 Å². The molecular weight excluding hydrogens is 408 g/mol. The largest absolute Gasteiger partial charge is 0.462 e. The van der Waals surface area contributed by atoms with Crippen LogP contribution in [0.4, 0.5) is 0 Å². The molecule has 0 amide bonds. The number of carbonyl (C=O) groups excluding carboxylic acids is 1. The van der Waals surface area contributed by atoms with Gasteiger partial charge < -0.3 is 9.47 Å². The van der Waals surface area contributed by atoms with Gasteiger partial charge in [-0.2, -0.15) is 5.10 Å². The summed E-state index contributed by atoms with van der Waals surface area (Å²) < 4.78 is 12.4. The maximum absolute atomic E-state index is 12.7. The van der Waals surface area contributed by atoms with Gasteiger partial charge in [0.1, 0.15) is 11.5 Å². The predicted molar refractivity (Wildman–Crippen MR) is 119 cm³/mol. The number of aromatic nitrogens is 4. The summed E-state index contributed by atoms with van der Waals surface area (Å²) in [6.07, 6.45) is 2.82. The number of aromatic amines is 1. The van der Waals surface area contributed by atoms with E-state index in [0.717, 1.165) is 10.8 Å². The molecule has 0 aliphatic heterocycles. The van der Waals surface area contributed by atoms with Gasteiger partial charge in [0.25, 0.3) is 5.56 Å². The topological polar surface area (TPSA) is 99.1 Å². The van der Waals surface area contributed by atoms with Gasteiger partial charge in [0.05, 0.1) is 29.3 Å². The molecule has 8 nitrogen and oxygen atoms in total. The number of esters is 1. The maximum atomic E-state index is 12.7. The van der Waals surface area contributed by atoms with Crippen LogP contribution in [0.2, 0.25) is 0 Å². The molecule has 0 aliphatic rings. The average molecular weight is 426 g/mol. The maximum Gasteiger partial charge on any atom is 0.341 e. The van der Waals surface area contributed by atoms with Crippen LogP contribution in [-0.4, -0.2) is 32.3 Å². The summed E-state index contributed by atoms with van der Waals surface area (Å²) in [5.41, 5.74) is 0.400. The number of hydrogen-bond donors (Lipinski definition) is 1. The zero-order chi connectivity index (χ0) is 22.1. The van der Waals surface area contributed by atoms with E-state index < -0.39 is 5.97 Å². The highest BCUT2D eigenvalue weighted by Crippen LogP contribution is 2.30. The molecule has 158 valence electrons. The highest BCUT2D eigenvalue weighted by Gasteiger charge is 2.13. The van der Waals surface area contributed by atoms with E-state index in [2.05, 4.69) is 15.1 Å². The van der Waals surface area contributed by atoms with Crippen molar-refractivity contribution in [3.8, 4) is 17.4 Å². The van der Waals surface area contributed by atoms with Crippen molar-refractivity contribution in [2.75, 3.05) is 6.61 Å². The van der Waals surface area contributed by atoms with E-state index in [-0.39, 0.29) is 23.7 Å². The Morgan fingerprint density at radius 1 is 1.06 bits per heavy atom. The number of carbonyl (C=O) groups is 1. The highest BCUT2D eigenvalue weighted by atomic mass is 16.5. The molecule has 0 bridgehead atoms. The fourth-order valence-corrected chi connectivity index (χ4v) is 3.45. The number of hydrogen-bond acceptors (Lipinski definition) is 6. The fraction of sp³-hybridized carbons (Fsp3) is 0.0833. The van der Waals surface area contributed by atoms with Crippen LogP contribution < -0.4 is 10.3 Å². The van der Waals surface area contributed by atoms with Gasteiger partial charge in [-0.05, 0) is 36.6 Å². The van der Waals surface area contributed by atoms with Crippen LogP contribution in [0.1, 0.15) is 17.3 Å². The number of H-pyrrole nitrogens is 1. The molecule has 5 aromatic rings. The molecule has 2 heterocycles. The number of nitrogens with zero attached hydrogens (tertiary/aromatic N) is 3. The van der Waals surface area contributed by atoms with Crippen molar-refractivity contribution in [2.45, 2.75) is 6.92 Å². The Kier molecular flexibility index (Phi) is 4.87. The zero-order valence-corrected chi connectivity index (χ0v) is 17.1. The van der Waals surface area contributed by atoms with Crippen molar-refractivity contribution >= 4 is 27.6 Å². The van der Waals surface area contributed by atoms with Gasteiger partial charge >= 0.3 is 5.97 Å². The van der Waals surface area contributed by atoms with Crippen molar-refractivity contribution in [3.63, 3.8) is 0 Å². The summed E-state index contributed by atoms with van der Waals surface area (Å²) in [6.45, 7) is 1.99. The van der Waals surface area contributed by atoms with E-state index in [1.165, 1.54) is 17.1 Å². The van der Waals surface area contributed by atoms with Crippen molar-refractivity contribution in [3.05, 3.63) is 89.0 Å². The molecule has 0 unspecified atom stereocenters. The molecule has 8 heteroatoms. The van der Waals surface area contributed by atoms with Gasteiger partial charge in [-0.15, -0.1) is 0 Å². The predicted octanol–water partition coefficient (Wildman–Crippen LogP) is 4.23. The fourth-order valence-electron chi connectivity index (χ4n) is 3.45. The third kappa shape index (κ3) is 3.58. The monoisotopic (exact) mass is 426 g/mol. The van der Waals surface area contributed by atoms with E-state index in [4.69, 9.17) is 9.47 Å². The Morgan fingerprint density at radius 2 is 1.91 bits per heavy atom. The third-order valence-electron chi connectivity index (χ3n) is 4.95. The lowest BCUT2D eigenvalue weighted by Crippen LogP contribution is -2.14. The zero-order valence-electron chi connectivity index (χ0n) is 17.1. The minimum Gasteiger partial charge on any atom is -0.462 e. The van der Waals surface area contributed by atoms with E-state index in [1.54, 1.807) is 25.1 Å². The van der Waals surface area contributed by atoms with Crippen molar-refractivity contribution < 1.29 is 14.3 Å². The Morgan fingerprint density at radius 3 is 2.78 bits per heavy atom. The summed E-state index contributed by atoms with van der Waals surface area (Å²) >= 11 is 0. The lowest BCUT2D eigenvalue weighted by Gasteiger charge is -2.10. The number of rotatable bonds is 5. The summed E-state index contributed by atoms with van der Waals surface area (Å²) in [4.78, 5) is 31.8. The Hall–Kier alpha value is -4.46. The lowest BCUT2D eigenvalue weighted by atomic mass is 10.1. The van der Waals surface area contributed by atoms with Crippen LogP contribution in [-0.2, 0) is 4.74 Å². The molecule has 32 heavy (non-hydrogen) atoms. The number of benzene rings is 3. The molecule has 0 fully saturated rings. The Balaban J connectivity index is 1.49. The molecule has 2 aromatic heterocycles. The number of ether oxygens (including phenoxy) is 2. The second-order valence-corrected chi connectivity index (χ2v) is 7.04. The number of fused-ring (bicyclic) bond motifs is 2. The van der Waals surface area contributed by atoms with Gasteiger partial charge in [0, 0.05) is 11.6 Å². The minimum absolute atomic E-state index is 0.195. The molecule has 3 aromatic carbocycles. The molecule has 0 radical (unpaired) electrons. The quantitative estimate of drug-likeness (QED) is 0.422. The molecule has 5 rings (SSSR count). The van der Waals surface area contributed by atoms with Crippen LogP contribution in [0.25, 0.3) is 27.6 Å². The second-order valence-electron chi connectivity index (χ2n) is 7.04. The molecule has 0 aliphatic carbocycles. The third-order valence-corrected chi connectivity index (χ3v) is 4.95. The van der Waals surface area contributed by atoms with Gasteiger partial charge in [-0.3, -0.25) is 9.78 Å². The summed E-state index contributed by atoms with van der Waals surface area (Å²) in [5.74, 6) is 0.932. The van der Waals surface area contributed by atoms with E-state index in [9.17, 15) is 9.59 Å². The first-order valence-electron chi connectivity index (χ1n) is 10.0. The SMILES string of the molecule is CCOC(=O)c1cnn(-c2nc3ccc(Oc4cccc5ccccc45)cc3c(=O)[nH]2)c1. The highest BCUT2D eigenvalue weighted by molar-refractivity contribution is 5.89. The number of nitrogens with one attached hydrogen (secondary N) is 1. The second kappa shape index (κ2) is 7.99. The van der Waals surface area contributed by atoms with Crippen LogP contribution in [0, 0.1) is 0 Å². The van der Waals surface area contributed by atoms with Gasteiger partial charge in [0.15, 0.2) is 0 Å². The van der Waals surface area contributed by atoms with Gasteiger partial charge in [-0.25, -0.2) is 14.5 Å². The van der Waals surface area contributed by atoms with E-state index in [1.807, 2.05) is 42.5 Å². The van der Waals surface area contributed by atoms with Gasteiger partial charge in [0.2, 0.25) is 5.95 Å². The Labute approximate surface area is 182 Å². The smallest absolute Gasteiger partial charge is 0.341 e. The molecule has 1 N–H and O–H groups in total. The summed E-state index contributed by atoms with van der Waals surface area (Å²) in [6, 6.07) is 18.9. The summed E-state index contributed by atoms with van der Waals surface area (Å²) in [5, 5.41) is 6.52. The Bertz CT molecular complexity index is 1510. The van der Waals surface area contributed by atoms with Crippen molar-refractivity contribution in [1.82, 2.24) is 19.7 Å². The average Bonchev–Trinajstić information content (AvgIpc) is 3.30. The van der Waals surface area contributed by atoms with Gasteiger partial charge in [-0.1, -0.05) is 36.4 Å². The van der Waals surface area contributed by atoms with Crippen LogP contribution in [0.3, 0.4) is 0 Å².